The quantitative estimate of drug-likeness (QED) is 0.890. The molecule has 1 atom stereocenters. The average Bonchev–Trinajstić information content (AvgIpc) is 2.40. The maximum atomic E-state index is 6.28. The molecule has 0 spiro atoms. The van der Waals surface area contributed by atoms with Crippen molar-refractivity contribution in [2.75, 3.05) is 19.0 Å². The minimum absolute atomic E-state index is 0.0484. The van der Waals surface area contributed by atoms with Crippen molar-refractivity contribution in [1.82, 2.24) is 0 Å². The average molecular weight is 240 g/mol. The third kappa shape index (κ3) is 3.11. The van der Waals surface area contributed by atoms with E-state index in [2.05, 4.69) is 53.4 Å². The molecule has 94 valence electrons. The summed E-state index contributed by atoms with van der Waals surface area (Å²) in [4.78, 5) is 2.10. The van der Waals surface area contributed by atoms with Crippen molar-refractivity contribution in [2.24, 2.45) is 5.73 Å². The zero-order chi connectivity index (χ0) is 13.0. The smallest absolute Gasteiger partial charge is 0.0364 e. The maximum absolute atomic E-state index is 6.28. The fraction of sp³-hybridized carbons (Fsp3) is 0.250. The number of hydrogen-bond donors (Lipinski definition) is 1. The lowest BCUT2D eigenvalue weighted by molar-refractivity contribution is 0.722. The Labute approximate surface area is 109 Å². The van der Waals surface area contributed by atoms with E-state index < -0.39 is 0 Å². The summed E-state index contributed by atoms with van der Waals surface area (Å²) in [5.41, 5.74) is 9.93. The fourth-order valence-corrected chi connectivity index (χ4v) is 2.02. The van der Waals surface area contributed by atoms with Gasteiger partial charge in [0.2, 0.25) is 0 Å². The highest BCUT2D eigenvalue weighted by atomic mass is 15.1. The van der Waals surface area contributed by atoms with Crippen molar-refractivity contribution in [3.05, 3.63) is 65.7 Å². The van der Waals surface area contributed by atoms with Crippen LogP contribution in [0.1, 0.15) is 17.2 Å². The van der Waals surface area contributed by atoms with Gasteiger partial charge in [0.05, 0.1) is 0 Å². The molecule has 0 aliphatic heterocycles. The van der Waals surface area contributed by atoms with Gasteiger partial charge in [-0.3, -0.25) is 0 Å². The van der Waals surface area contributed by atoms with Crippen molar-refractivity contribution >= 4 is 5.69 Å². The topological polar surface area (TPSA) is 29.3 Å². The van der Waals surface area contributed by atoms with Crippen LogP contribution in [0.4, 0.5) is 5.69 Å². The second-order valence-electron chi connectivity index (χ2n) is 4.79. The van der Waals surface area contributed by atoms with Crippen LogP contribution in [0.3, 0.4) is 0 Å². The van der Waals surface area contributed by atoms with Crippen LogP contribution in [0.2, 0.25) is 0 Å². The van der Waals surface area contributed by atoms with E-state index in [1.807, 2.05) is 20.2 Å². The van der Waals surface area contributed by atoms with Crippen molar-refractivity contribution in [1.29, 1.82) is 0 Å². The monoisotopic (exact) mass is 240 g/mol. The Morgan fingerprint density at radius 1 is 1.00 bits per heavy atom. The molecule has 0 fully saturated rings. The number of rotatable bonds is 4. The molecule has 2 heteroatoms. The second kappa shape index (κ2) is 5.69. The first-order valence-corrected chi connectivity index (χ1v) is 6.23. The summed E-state index contributed by atoms with van der Waals surface area (Å²) in [6, 6.07) is 18.8. The van der Waals surface area contributed by atoms with E-state index >= 15 is 0 Å². The summed E-state index contributed by atoms with van der Waals surface area (Å²) in [6.07, 6.45) is 0.873. The van der Waals surface area contributed by atoms with Crippen LogP contribution in [0.25, 0.3) is 0 Å². The molecule has 18 heavy (non-hydrogen) atoms. The Bertz CT molecular complexity index is 491. The van der Waals surface area contributed by atoms with Crippen LogP contribution >= 0.6 is 0 Å². The van der Waals surface area contributed by atoms with Crippen molar-refractivity contribution < 1.29 is 0 Å². The van der Waals surface area contributed by atoms with E-state index in [0.717, 1.165) is 6.42 Å². The lowest BCUT2D eigenvalue weighted by Gasteiger charge is -2.17. The number of benzene rings is 2. The first-order valence-electron chi connectivity index (χ1n) is 6.23. The molecule has 2 N–H and O–H groups in total. The lowest BCUT2D eigenvalue weighted by Crippen LogP contribution is -2.15. The Morgan fingerprint density at radius 3 is 2.39 bits per heavy atom. The Balaban J connectivity index is 2.14. The number of nitrogens with two attached hydrogens (primary N) is 1. The van der Waals surface area contributed by atoms with E-state index in [-0.39, 0.29) is 6.04 Å². The Hall–Kier alpha value is -1.80. The second-order valence-corrected chi connectivity index (χ2v) is 4.79. The largest absolute Gasteiger partial charge is 0.378 e. The Kier molecular flexibility index (Phi) is 4.00. The van der Waals surface area contributed by atoms with Crippen LogP contribution in [0.5, 0.6) is 0 Å². The summed E-state index contributed by atoms with van der Waals surface area (Å²) < 4.78 is 0. The first-order chi connectivity index (χ1) is 8.66. The summed E-state index contributed by atoms with van der Waals surface area (Å²) >= 11 is 0. The highest BCUT2D eigenvalue weighted by molar-refractivity contribution is 5.48. The van der Waals surface area contributed by atoms with Gasteiger partial charge < -0.3 is 10.6 Å². The Morgan fingerprint density at radius 2 is 1.72 bits per heavy atom. The van der Waals surface area contributed by atoms with E-state index in [1.165, 1.54) is 16.8 Å². The molecular weight excluding hydrogens is 220 g/mol. The summed E-state index contributed by atoms with van der Waals surface area (Å²) in [6.45, 7) is 0. The van der Waals surface area contributed by atoms with Gasteiger partial charge in [-0.05, 0) is 29.7 Å². The molecule has 0 heterocycles. The summed E-state index contributed by atoms with van der Waals surface area (Å²) in [7, 11) is 4.09. The van der Waals surface area contributed by atoms with Gasteiger partial charge >= 0.3 is 0 Å². The van der Waals surface area contributed by atoms with Crippen molar-refractivity contribution in [3.8, 4) is 0 Å². The van der Waals surface area contributed by atoms with E-state index in [1.54, 1.807) is 0 Å². The van der Waals surface area contributed by atoms with Crippen LogP contribution in [-0.2, 0) is 6.42 Å². The molecular formula is C16H20N2. The third-order valence-corrected chi connectivity index (χ3v) is 3.11. The molecule has 2 nitrogen and oxygen atoms in total. The van der Waals surface area contributed by atoms with Crippen molar-refractivity contribution in [3.63, 3.8) is 0 Å². The molecule has 0 radical (unpaired) electrons. The molecule has 0 aliphatic rings. The molecule has 0 amide bonds. The SMILES string of the molecule is CN(C)c1cccc(C(N)Cc2ccccc2)c1. The van der Waals surface area contributed by atoms with Crippen molar-refractivity contribution in [2.45, 2.75) is 12.5 Å². The van der Waals surface area contributed by atoms with Gasteiger partial charge in [-0.2, -0.15) is 0 Å². The van der Waals surface area contributed by atoms with Gasteiger partial charge in [0.25, 0.3) is 0 Å². The highest BCUT2D eigenvalue weighted by Crippen LogP contribution is 2.20. The molecule has 1 unspecified atom stereocenters. The van der Waals surface area contributed by atoms with Gasteiger partial charge in [-0.15, -0.1) is 0 Å². The molecule has 2 aromatic carbocycles. The summed E-state index contributed by atoms with van der Waals surface area (Å²) in [5.74, 6) is 0. The van der Waals surface area contributed by atoms with Crippen LogP contribution in [-0.4, -0.2) is 14.1 Å². The normalized spacial score (nSPS) is 12.2. The molecule has 0 aromatic heterocycles. The predicted molar refractivity (Wildman–Crippen MR) is 77.8 cm³/mol. The van der Waals surface area contributed by atoms with Gasteiger partial charge in [0, 0.05) is 25.8 Å². The standard InChI is InChI=1S/C16H20N2/c1-18(2)15-10-6-9-14(12-15)16(17)11-13-7-4-3-5-8-13/h3-10,12,16H,11,17H2,1-2H3. The van der Waals surface area contributed by atoms with Crippen LogP contribution in [0.15, 0.2) is 54.6 Å². The third-order valence-electron chi connectivity index (χ3n) is 3.11. The number of anilines is 1. The molecule has 0 saturated carbocycles. The maximum Gasteiger partial charge on any atom is 0.0364 e. The lowest BCUT2D eigenvalue weighted by atomic mass is 9.99. The minimum Gasteiger partial charge on any atom is -0.378 e. The zero-order valence-corrected chi connectivity index (χ0v) is 11.0. The summed E-state index contributed by atoms with van der Waals surface area (Å²) in [5, 5.41) is 0. The van der Waals surface area contributed by atoms with E-state index in [9.17, 15) is 0 Å². The van der Waals surface area contributed by atoms with Gasteiger partial charge in [-0.25, -0.2) is 0 Å². The predicted octanol–water partition coefficient (Wildman–Crippen LogP) is 3.00. The minimum atomic E-state index is 0.0484. The van der Waals surface area contributed by atoms with Crippen LogP contribution in [0, 0.1) is 0 Å². The van der Waals surface area contributed by atoms with Gasteiger partial charge in [0.15, 0.2) is 0 Å². The fourth-order valence-electron chi connectivity index (χ4n) is 2.02. The zero-order valence-electron chi connectivity index (χ0n) is 11.0. The molecule has 0 saturated heterocycles. The van der Waals surface area contributed by atoms with Crippen LogP contribution < -0.4 is 10.6 Å². The van der Waals surface area contributed by atoms with Gasteiger partial charge in [-0.1, -0.05) is 42.5 Å². The van der Waals surface area contributed by atoms with E-state index in [0.29, 0.717) is 0 Å². The molecule has 0 aliphatic carbocycles. The first kappa shape index (κ1) is 12.7. The number of nitrogens with zero attached hydrogens (tertiary/aromatic N) is 1. The number of hydrogen-bond acceptors (Lipinski definition) is 2. The van der Waals surface area contributed by atoms with Gasteiger partial charge in [0.1, 0.15) is 0 Å². The molecule has 0 bridgehead atoms. The van der Waals surface area contributed by atoms with E-state index in [4.69, 9.17) is 5.73 Å². The molecule has 2 aromatic rings. The highest BCUT2D eigenvalue weighted by Gasteiger charge is 2.08. The molecule has 2 rings (SSSR count).